The van der Waals surface area contributed by atoms with Crippen molar-refractivity contribution in [2.45, 2.75) is 26.4 Å². The zero-order chi connectivity index (χ0) is 16.8. The van der Waals surface area contributed by atoms with E-state index < -0.39 is 0 Å². The van der Waals surface area contributed by atoms with E-state index in [9.17, 15) is 5.11 Å². The third kappa shape index (κ3) is 3.84. The molecule has 0 saturated heterocycles. The Morgan fingerprint density at radius 2 is 1.79 bits per heavy atom. The van der Waals surface area contributed by atoms with Crippen LogP contribution in [0.1, 0.15) is 23.2 Å². The highest BCUT2D eigenvalue weighted by Gasteiger charge is 2.10. The Labute approximate surface area is 142 Å². The Hall–Kier alpha value is -2.59. The van der Waals surface area contributed by atoms with Crippen molar-refractivity contribution in [1.82, 2.24) is 10.2 Å². The van der Waals surface area contributed by atoms with Crippen LogP contribution in [0, 0.1) is 6.92 Å². The van der Waals surface area contributed by atoms with Gasteiger partial charge in [-0.25, -0.2) is 0 Å². The fourth-order valence-electron chi connectivity index (χ4n) is 2.69. The van der Waals surface area contributed by atoms with Gasteiger partial charge in [-0.3, -0.25) is 5.10 Å². The number of aromatic amines is 1. The van der Waals surface area contributed by atoms with Crippen molar-refractivity contribution in [2.24, 2.45) is 0 Å². The summed E-state index contributed by atoms with van der Waals surface area (Å²) in [6.45, 7) is 2.63. The number of aromatic nitrogens is 2. The highest BCUT2D eigenvalue weighted by atomic mass is 16.5. The van der Waals surface area contributed by atoms with Crippen molar-refractivity contribution in [3.63, 3.8) is 0 Å². The molecule has 4 heteroatoms. The van der Waals surface area contributed by atoms with E-state index in [-0.39, 0.29) is 6.61 Å². The number of hydrogen-bond acceptors (Lipinski definition) is 3. The molecule has 0 aliphatic heterocycles. The van der Waals surface area contributed by atoms with Crippen LogP contribution in [-0.2, 0) is 13.0 Å². The molecule has 0 amide bonds. The molecule has 0 aliphatic rings. The smallest absolute Gasteiger partial charge is 0.119 e. The quantitative estimate of drug-likeness (QED) is 0.649. The average molecular weight is 322 g/mol. The van der Waals surface area contributed by atoms with Crippen molar-refractivity contribution >= 4 is 0 Å². The van der Waals surface area contributed by atoms with Gasteiger partial charge >= 0.3 is 0 Å². The van der Waals surface area contributed by atoms with Crippen molar-refractivity contribution in [3.05, 3.63) is 71.4 Å². The summed E-state index contributed by atoms with van der Waals surface area (Å²) in [6, 6.07) is 18.4. The fourth-order valence-corrected chi connectivity index (χ4v) is 2.69. The van der Waals surface area contributed by atoms with Crippen molar-refractivity contribution in [1.29, 1.82) is 0 Å². The van der Waals surface area contributed by atoms with Crippen LogP contribution in [0.3, 0.4) is 0 Å². The minimum Gasteiger partial charge on any atom is -0.494 e. The number of rotatable bonds is 7. The Morgan fingerprint density at radius 1 is 1.04 bits per heavy atom. The van der Waals surface area contributed by atoms with Gasteiger partial charge in [0.05, 0.1) is 24.6 Å². The van der Waals surface area contributed by atoms with E-state index in [4.69, 9.17) is 4.74 Å². The van der Waals surface area contributed by atoms with Crippen LogP contribution in [0.5, 0.6) is 5.75 Å². The highest BCUT2D eigenvalue weighted by Crippen LogP contribution is 2.25. The second-order valence-electron chi connectivity index (χ2n) is 5.80. The Balaban J connectivity index is 1.54. The van der Waals surface area contributed by atoms with Crippen molar-refractivity contribution in [2.75, 3.05) is 6.61 Å². The molecule has 3 aromatic rings. The van der Waals surface area contributed by atoms with Crippen LogP contribution < -0.4 is 4.74 Å². The lowest BCUT2D eigenvalue weighted by Gasteiger charge is -2.07. The molecule has 24 heavy (non-hydrogen) atoms. The minimum atomic E-state index is -0.0263. The summed E-state index contributed by atoms with van der Waals surface area (Å²) in [5, 5.41) is 16.4. The van der Waals surface area contributed by atoms with E-state index in [0.717, 1.165) is 41.1 Å². The van der Waals surface area contributed by atoms with Crippen LogP contribution >= 0.6 is 0 Å². The summed E-state index contributed by atoms with van der Waals surface area (Å²) < 4.78 is 5.81. The maximum atomic E-state index is 9.23. The predicted molar refractivity (Wildman–Crippen MR) is 94.9 cm³/mol. The molecular weight excluding hydrogens is 300 g/mol. The predicted octanol–water partition coefficient (Wildman–Crippen LogP) is 3.89. The summed E-state index contributed by atoms with van der Waals surface area (Å²) in [6.07, 6.45) is 2.01. The number of nitrogens with one attached hydrogen (secondary N) is 1. The van der Waals surface area contributed by atoms with E-state index in [1.807, 2.05) is 37.3 Å². The third-order valence-corrected chi connectivity index (χ3v) is 4.12. The lowest BCUT2D eigenvalue weighted by atomic mass is 10.1. The van der Waals surface area contributed by atoms with Gasteiger partial charge in [0.25, 0.3) is 0 Å². The summed E-state index contributed by atoms with van der Waals surface area (Å²) in [7, 11) is 0. The first-order valence-electron chi connectivity index (χ1n) is 8.20. The second-order valence-corrected chi connectivity index (χ2v) is 5.80. The van der Waals surface area contributed by atoms with Gasteiger partial charge in [0.2, 0.25) is 0 Å². The minimum absolute atomic E-state index is 0.0263. The molecule has 0 bridgehead atoms. The van der Waals surface area contributed by atoms with Crippen LogP contribution in [0.2, 0.25) is 0 Å². The van der Waals surface area contributed by atoms with Crippen LogP contribution in [0.4, 0.5) is 0 Å². The van der Waals surface area contributed by atoms with Crippen LogP contribution in [0.25, 0.3) is 11.3 Å². The topological polar surface area (TPSA) is 58.1 Å². The van der Waals surface area contributed by atoms with Crippen LogP contribution in [-0.4, -0.2) is 21.9 Å². The van der Waals surface area contributed by atoms with Gasteiger partial charge in [-0.15, -0.1) is 0 Å². The number of benzene rings is 2. The number of nitrogens with zero attached hydrogens (tertiary/aromatic N) is 1. The number of aliphatic hydroxyl groups excluding tert-OH is 1. The summed E-state index contributed by atoms with van der Waals surface area (Å²) in [4.78, 5) is 0. The van der Waals surface area contributed by atoms with E-state index in [1.54, 1.807) is 0 Å². The Kier molecular flexibility index (Phi) is 5.29. The molecule has 0 radical (unpaired) electrons. The SMILES string of the molecule is Cc1c(-c2ccc(OCCCc3ccccc3)cc2)n[nH]c1CO. The van der Waals surface area contributed by atoms with Crippen LogP contribution in [0.15, 0.2) is 54.6 Å². The van der Waals surface area contributed by atoms with Crippen molar-refractivity contribution < 1.29 is 9.84 Å². The molecule has 0 saturated carbocycles. The Bertz CT molecular complexity index is 764. The zero-order valence-corrected chi connectivity index (χ0v) is 13.8. The molecule has 1 aromatic heterocycles. The molecule has 2 N–H and O–H groups in total. The zero-order valence-electron chi connectivity index (χ0n) is 13.8. The van der Waals surface area contributed by atoms with Gasteiger partial charge in [0, 0.05) is 11.1 Å². The van der Waals surface area contributed by atoms with Gasteiger partial charge in [-0.1, -0.05) is 30.3 Å². The summed E-state index contributed by atoms with van der Waals surface area (Å²) in [5.74, 6) is 0.863. The number of hydrogen-bond donors (Lipinski definition) is 2. The fraction of sp³-hybridized carbons (Fsp3) is 0.250. The lowest BCUT2D eigenvalue weighted by Crippen LogP contribution is -1.99. The molecule has 0 spiro atoms. The summed E-state index contributed by atoms with van der Waals surface area (Å²) >= 11 is 0. The third-order valence-electron chi connectivity index (χ3n) is 4.12. The number of aliphatic hydroxyl groups is 1. The normalized spacial score (nSPS) is 10.8. The molecule has 4 nitrogen and oxygen atoms in total. The first kappa shape index (κ1) is 16.3. The first-order valence-corrected chi connectivity index (χ1v) is 8.20. The largest absolute Gasteiger partial charge is 0.494 e. The van der Waals surface area contributed by atoms with Gasteiger partial charge in [-0.05, 0) is 49.6 Å². The molecule has 3 rings (SSSR count). The lowest BCUT2D eigenvalue weighted by molar-refractivity contribution is 0.276. The van der Waals surface area contributed by atoms with E-state index >= 15 is 0 Å². The van der Waals surface area contributed by atoms with E-state index in [1.165, 1.54) is 5.56 Å². The van der Waals surface area contributed by atoms with Gasteiger partial charge < -0.3 is 9.84 Å². The maximum Gasteiger partial charge on any atom is 0.119 e. The van der Waals surface area contributed by atoms with E-state index in [0.29, 0.717) is 6.61 Å². The molecule has 0 aliphatic carbocycles. The Morgan fingerprint density at radius 3 is 2.46 bits per heavy atom. The maximum absolute atomic E-state index is 9.23. The standard InChI is InChI=1S/C20H22N2O2/c1-15-19(14-23)21-22-20(15)17-9-11-18(12-10-17)24-13-5-8-16-6-3-2-4-7-16/h2-4,6-7,9-12,23H,5,8,13-14H2,1H3,(H,21,22). The molecular formula is C20H22N2O2. The van der Waals surface area contributed by atoms with Crippen molar-refractivity contribution in [3.8, 4) is 17.0 Å². The molecule has 124 valence electrons. The molecule has 0 fully saturated rings. The average Bonchev–Trinajstić information content (AvgIpc) is 3.01. The summed E-state index contributed by atoms with van der Waals surface area (Å²) in [5.41, 5.74) is 4.96. The van der Waals surface area contributed by atoms with Gasteiger partial charge in [-0.2, -0.15) is 5.10 Å². The van der Waals surface area contributed by atoms with Gasteiger partial charge in [0.1, 0.15) is 5.75 Å². The van der Waals surface area contributed by atoms with Gasteiger partial charge in [0.15, 0.2) is 0 Å². The first-order chi connectivity index (χ1) is 11.8. The molecule has 1 heterocycles. The number of ether oxygens (including phenoxy) is 1. The van der Waals surface area contributed by atoms with E-state index in [2.05, 4.69) is 34.5 Å². The highest BCUT2D eigenvalue weighted by molar-refractivity contribution is 5.64. The number of aryl methyl sites for hydroxylation is 1. The molecule has 0 atom stereocenters. The second kappa shape index (κ2) is 7.79. The molecule has 0 unspecified atom stereocenters. The monoisotopic (exact) mass is 322 g/mol. The molecule has 2 aromatic carbocycles. The number of H-pyrrole nitrogens is 1.